The third kappa shape index (κ3) is 5.15. The van der Waals surface area contributed by atoms with Crippen molar-refractivity contribution in [1.82, 2.24) is 24.4 Å². The van der Waals surface area contributed by atoms with Crippen molar-refractivity contribution < 1.29 is 13.2 Å². The minimum Gasteiger partial charge on any atom is -0.352 e. The number of sulfonamides is 1. The standard InChI is InChI=1S/C22H31N5O3S/c28-22(23-13-12-21-25-24-20-11-4-3-7-16-27(20)21)18-9-8-10-19(17-18)31(29,30)26-14-5-1-2-6-15-26/h8-10,17H,1-7,11-16H2,(H,23,28). The van der Waals surface area contributed by atoms with Gasteiger partial charge in [-0.1, -0.05) is 25.3 Å². The molecular formula is C22H31N5O3S. The second-order valence-electron chi connectivity index (χ2n) is 8.35. The molecule has 2 aliphatic rings. The van der Waals surface area contributed by atoms with Crippen molar-refractivity contribution in [3.63, 3.8) is 0 Å². The monoisotopic (exact) mass is 445 g/mol. The van der Waals surface area contributed by atoms with Gasteiger partial charge in [0.1, 0.15) is 11.6 Å². The molecule has 0 atom stereocenters. The number of nitrogens with one attached hydrogen (secondary N) is 1. The molecule has 1 aromatic heterocycles. The van der Waals surface area contributed by atoms with Crippen molar-refractivity contribution in [2.45, 2.75) is 69.2 Å². The topological polar surface area (TPSA) is 97.2 Å². The summed E-state index contributed by atoms with van der Waals surface area (Å²) in [7, 11) is -3.58. The number of amides is 1. The molecule has 0 spiro atoms. The van der Waals surface area contributed by atoms with E-state index in [1.54, 1.807) is 22.5 Å². The average molecular weight is 446 g/mol. The zero-order chi connectivity index (χ0) is 21.7. The number of benzene rings is 1. The Morgan fingerprint density at radius 1 is 0.968 bits per heavy atom. The van der Waals surface area contributed by atoms with Crippen LogP contribution in [0.2, 0.25) is 0 Å². The molecule has 8 nitrogen and oxygen atoms in total. The van der Waals surface area contributed by atoms with Gasteiger partial charge >= 0.3 is 0 Å². The first-order chi connectivity index (χ1) is 15.1. The Bertz CT molecular complexity index is 1010. The molecule has 4 rings (SSSR count). The van der Waals surface area contributed by atoms with E-state index in [0.717, 1.165) is 63.1 Å². The molecule has 1 saturated heterocycles. The highest BCUT2D eigenvalue weighted by Gasteiger charge is 2.25. The molecule has 9 heteroatoms. The summed E-state index contributed by atoms with van der Waals surface area (Å²) >= 11 is 0. The average Bonchev–Trinajstić information content (AvgIpc) is 3.00. The molecule has 0 bridgehead atoms. The molecule has 31 heavy (non-hydrogen) atoms. The van der Waals surface area contributed by atoms with Crippen LogP contribution in [-0.4, -0.2) is 53.0 Å². The van der Waals surface area contributed by atoms with Crippen LogP contribution in [0.5, 0.6) is 0 Å². The summed E-state index contributed by atoms with van der Waals surface area (Å²) in [5.41, 5.74) is 0.357. The lowest BCUT2D eigenvalue weighted by Gasteiger charge is -2.20. The Morgan fingerprint density at radius 3 is 2.52 bits per heavy atom. The second-order valence-corrected chi connectivity index (χ2v) is 10.3. The number of aryl methyl sites for hydroxylation is 1. The van der Waals surface area contributed by atoms with Crippen LogP contribution in [0.1, 0.15) is 67.0 Å². The predicted molar refractivity (Wildman–Crippen MR) is 117 cm³/mol. The van der Waals surface area contributed by atoms with Crippen LogP contribution in [0, 0.1) is 0 Å². The summed E-state index contributed by atoms with van der Waals surface area (Å²) in [6, 6.07) is 6.35. The number of rotatable bonds is 6. The van der Waals surface area contributed by atoms with E-state index in [1.165, 1.54) is 12.5 Å². The van der Waals surface area contributed by atoms with E-state index in [0.29, 0.717) is 31.6 Å². The maximum atomic E-state index is 13.0. The quantitative estimate of drug-likeness (QED) is 0.737. The van der Waals surface area contributed by atoms with Gasteiger partial charge < -0.3 is 9.88 Å². The fourth-order valence-electron chi connectivity index (χ4n) is 4.35. The first-order valence-corrected chi connectivity index (χ1v) is 12.8. The van der Waals surface area contributed by atoms with Gasteiger partial charge in [0.15, 0.2) is 0 Å². The van der Waals surface area contributed by atoms with Crippen LogP contribution in [0.25, 0.3) is 0 Å². The molecule has 0 saturated carbocycles. The first-order valence-electron chi connectivity index (χ1n) is 11.3. The molecule has 3 heterocycles. The van der Waals surface area contributed by atoms with E-state index in [1.807, 2.05) is 0 Å². The fourth-order valence-corrected chi connectivity index (χ4v) is 5.91. The predicted octanol–water partition coefficient (Wildman–Crippen LogP) is 2.54. The minimum atomic E-state index is -3.58. The van der Waals surface area contributed by atoms with E-state index in [9.17, 15) is 13.2 Å². The SMILES string of the molecule is O=C(NCCc1nnc2n1CCCCC2)c1cccc(S(=O)(=O)N2CCCCCC2)c1. The summed E-state index contributed by atoms with van der Waals surface area (Å²) in [6.07, 6.45) is 8.91. The van der Waals surface area contributed by atoms with Gasteiger partial charge in [0.25, 0.3) is 5.91 Å². The highest BCUT2D eigenvalue weighted by Crippen LogP contribution is 2.21. The molecule has 2 aromatic rings. The third-order valence-electron chi connectivity index (χ3n) is 6.12. The minimum absolute atomic E-state index is 0.185. The van der Waals surface area contributed by atoms with Crippen LogP contribution in [0.3, 0.4) is 0 Å². The van der Waals surface area contributed by atoms with Gasteiger partial charge in [-0.15, -0.1) is 10.2 Å². The number of hydrogen-bond acceptors (Lipinski definition) is 5. The molecule has 1 aromatic carbocycles. The Kier molecular flexibility index (Phi) is 7.02. The molecule has 1 amide bonds. The maximum absolute atomic E-state index is 13.0. The zero-order valence-electron chi connectivity index (χ0n) is 17.9. The van der Waals surface area contributed by atoms with Crippen LogP contribution in [0.15, 0.2) is 29.2 Å². The molecule has 0 unspecified atom stereocenters. The van der Waals surface area contributed by atoms with Crippen LogP contribution >= 0.6 is 0 Å². The highest BCUT2D eigenvalue weighted by molar-refractivity contribution is 7.89. The highest BCUT2D eigenvalue weighted by atomic mass is 32.2. The van der Waals surface area contributed by atoms with Gasteiger partial charge in [-0.25, -0.2) is 8.42 Å². The number of hydrogen-bond donors (Lipinski definition) is 1. The van der Waals surface area contributed by atoms with Crippen molar-refractivity contribution in [2.75, 3.05) is 19.6 Å². The lowest BCUT2D eigenvalue weighted by molar-refractivity contribution is 0.0953. The molecular weight excluding hydrogens is 414 g/mol. The normalized spacial score (nSPS) is 18.1. The summed E-state index contributed by atoms with van der Waals surface area (Å²) in [4.78, 5) is 12.9. The molecule has 0 aliphatic carbocycles. The van der Waals surface area contributed by atoms with E-state index in [4.69, 9.17) is 0 Å². The summed E-state index contributed by atoms with van der Waals surface area (Å²) in [5, 5.41) is 11.5. The van der Waals surface area contributed by atoms with Crippen LogP contribution in [-0.2, 0) is 29.4 Å². The lowest BCUT2D eigenvalue weighted by atomic mass is 10.2. The van der Waals surface area contributed by atoms with Crippen molar-refractivity contribution >= 4 is 15.9 Å². The molecule has 0 radical (unpaired) electrons. The Labute approximate surface area is 184 Å². The summed E-state index contributed by atoms with van der Waals surface area (Å²) < 4.78 is 29.8. The summed E-state index contributed by atoms with van der Waals surface area (Å²) in [5.74, 6) is 1.66. The Hall–Kier alpha value is -2.26. The van der Waals surface area contributed by atoms with Crippen LogP contribution in [0.4, 0.5) is 0 Å². The Balaban J connectivity index is 1.39. The van der Waals surface area contributed by atoms with Crippen molar-refractivity contribution in [3.8, 4) is 0 Å². The van der Waals surface area contributed by atoms with Gasteiger partial charge in [-0.2, -0.15) is 4.31 Å². The third-order valence-corrected chi connectivity index (χ3v) is 8.01. The molecule has 1 fully saturated rings. The van der Waals surface area contributed by atoms with Gasteiger partial charge in [-0.3, -0.25) is 4.79 Å². The van der Waals surface area contributed by atoms with E-state index < -0.39 is 10.0 Å². The lowest BCUT2D eigenvalue weighted by Crippen LogP contribution is -2.32. The van der Waals surface area contributed by atoms with Gasteiger partial charge in [-0.05, 0) is 43.9 Å². The largest absolute Gasteiger partial charge is 0.352 e. The van der Waals surface area contributed by atoms with Gasteiger partial charge in [0.2, 0.25) is 10.0 Å². The number of fused-ring (bicyclic) bond motifs is 1. The second kappa shape index (κ2) is 9.91. The van der Waals surface area contributed by atoms with Gasteiger partial charge in [0.05, 0.1) is 4.90 Å². The van der Waals surface area contributed by atoms with Crippen molar-refractivity contribution in [3.05, 3.63) is 41.5 Å². The fraction of sp³-hybridized carbons (Fsp3) is 0.591. The first kappa shape index (κ1) is 22.0. The Morgan fingerprint density at radius 2 is 1.71 bits per heavy atom. The van der Waals surface area contributed by atoms with Crippen LogP contribution < -0.4 is 5.32 Å². The number of aromatic nitrogens is 3. The summed E-state index contributed by atoms with van der Waals surface area (Å²) in [6.45, 7) is 2.45. The van der Waals surface area contributed by atoms with E-state index in [2.05, 4.69) is 20.1 Å². The van der Waals surface area contributed by atoms with Crippen molar-refractivity contribution in [2.24, 2.45) is 0 Å². The van der Waals surface area contributed by atoms with E-state index >= 15 is 0 Å². The molecule has 168 valence electrons. The zero-order valence-corrected chi connectivity index (χ0v) is 18.7. The smallest absolute Gasteiger partial charge is 0.251 e. The maximum Gasteiger partial charge on any atom is 0.251 e. The molecule has 2 aliphatic heterocycles. The number of nitrogens with zero attached hydrogens (tertiary/aromatic N) is 4. The number of carbonyl (C=O) groups excluding carboxylic acids is 1. The number of carbonyl (C=O) groups is 1. The van der Waals surface area contributed by atoms with Crippen molar-refractivity contribution in [1.29, 1.82) is 0 Å². The van der Waals surface area contributed by atoms with E-state index in [-0.39, 0.29) is 10.8 Å². The molecule has 1 N–H and O–H groups in total. The van der Waals surface area contributed by atoms with Gasteiger partial charge in [0, 0.05) is 44.6 Å².